The fourth-order valence-electron chi connectivity index (χ4n) is 3.40. The molecule has 0 spiro atoms. The van der Waals surface area contributed by atoms with Gasteiger partial charge in [-0.2, -0.15) is 0 Å². The molecule has 0 heterocycles. The summed E-state index contributed by atoms with van der Waals surface area (Å²) in [5.74, 6) is -1.02. The van der Waals surface area contributed by atoms with Crippen LogP contribution in [-0.2, 0) is 25.9 Å². The zero-order chi connectivity index (χ0) is 18.5. The third-order valence-corrected chi connectivity index (χ3v) is 4.91. The molecular weight excluding hydrogens is 390 g/mol. The molecule has 0 saturated heterocycles. The average Bonchev–Trinajstić information content (AvgIpc) is 2.67. The van der Waals surface area contributed by atoms with Gasteiger partial charge in [-0.1, -0.05) is 73.7 Å². The molecule has 2 N–H and O–H groups in total. The summed E-state index contributed by atoms with van der Waals surface area (Å²) in [5.41, 5.74) is 3.27. The Morgan fingerprint density at radius 1 is 0.889 bits per heavy atom. The van der Waals surface area contributed by atoms with E-state index >= 15 is 0 Å². The van der Waals surface area contributed by atoms with Gasteiger partial charge in [0.2, 0.25) is 0 Å². The van der Waals surface area contributed by atoms with Gasteiger partial charge in [0.1, 0.15) is 11.3 Å². The summed E-state index contributed by atoms with van der Waals surface area (Å²) in [5, 5.41) is 19.2. The van der Waals surface area contributed by atoms with Crippen LogP contribution in [0.1, 0.15) is 45.8 Å². The number of hydrogen-bond donors (Lipinski definition) is 2. The third-order valence-electron chi connectivity index (χ3n) is 4.91. The number of rotatable bonds is 6. The Kier molecular flexibility index (Phi) is 7.32. The molecule has 0 aromatic heterocycles. The van der Waals surface area contributed by atoms with E-state index in [2.05, 4.69) is 31.2 Å². The van der Waals surface area contributed by atoms with E-state index in [1.807, 2.05) is 42.5 Å². The normalized spacial score (nSPS) is 12.6. The molecule has 0 aliphatic heterocycles. The molecule has 0 amide bonds. The first-order valence-electron chi connectivity index (χ1n) is 8.71. The van der Waals surface area contributed by atoms with Crippen LogP contribution in [0.3, 0.4) is 0 Å². The van der Waals surface area contributed by atoms with E-state index in [9.17, 15) is 15.0 Å². The first-order valence-corrected chi connectivity index (χ1v) is 8.71. The minimum Gasteiger partial charge on any atom is -0.507 e. The minimum atomic E-state index is -1.12. The van der Waals surface area contributed by atoms with Gasteiger partial charge in [0, 0.05) is 19.5 Å². The molecule has 2 atom stereocenters. The summed E-state index contributed by atoms with van der Waals surface area (Å²) in [6.07, 6.45) is 0.792. The zero-order valence-corrected chi connectivity index (χ0v) is 18.3. The number of hydrogen-bond acceptors (Lipinski definition) is 2. The smallest absolute Gasteiger partial charge is 0.339 e. The van der Waals surface area contributed by atoms with Gasteiger partial charge in [0.25, 0.3) is 0 Å². The minimum absolute atomic E-state index is 0. The van der Waals surface area contributed by atoms with Crippen molar-refractivity contribution < 1.29 is 34.5 Å². The van der Waals surface area contributed by atoms with Gasteiger partial charge in [-0.05, 0) is 47.1 Å². The number of carboxylic acids is 1. The Bertz CT molecular complexity index is 879. The summed E-state index contributed by atoms with van der Waals surface area (Å²) in [7, 11) is 0. The number of aromatic carboxylic acids is 1. The van der Waals surface area contributed by atoms with Crippen LogP contribution < -0.4 is 0 Å². The van der Waals surface area contributed by atoms with Crippen molar-refractivity contribution in [2.45, 2.75) is 25.2 Å². The summed E-state index contributed by atoms with van der Waals surface area (Å²) in [6, 6.07) is 25.3. The molecule has 134 valence electrons. The van der Waals surface area contributed by atoms with Crippen molar-refractivity contribution in [3.05, 3.63) is 101 Å². The van der Waals surface area contributed by atoms with Crippen molar-refractivity contribution in [2.75, 3.05) is 0 Å². The molecule has 3 rings (SSSR count). The van der Waals surface area contributed by atoms with Crippen LogP contribution >= 0.6 is 0 Å². The Morgan fingerprint density at radius 3 is 2.07 bits per heavy atom. The monoisotopic (exact) mass is 410 g/mol. The SMILES string of the molecule is CC(c1ccccc1)C(Cc1ccccc1)c1ccc(O)c(C(=O)O)c1.[Zn]. The van der Waals surface area contributed by atoms with E-state index < -0.39 is 5.97 Å². The van der Waals surface area contributed by atoms with E-state index in [1.54, 1.807) is 6.07 Å². The second-order valence-corrected chi connectivity index (χ2v) is 6.58. The third kappa shape index (κ3) is 5.05. The van der Waals surface area contributed by atoms with Gasteiger partial charge in [0.15, 0.2) is 0 Å². The fraction of sp³-hybridized carbons (Fsp3) is 0.174. The molecule has 0 bridgehead atoms. The number of aromatic hydroxyl groups is 1. The first-order chi connectivity index (χ1) is 12.6. The van der Waals surface area contributed by atoms with Crippen molar-refractivity contribution in [1.29, 1.82) is 0 Å². The summed E-state index contributed by atoms with van der Waals surface area (Å²) in [6.45, 7) is 2.16. The molecule has 0 saturated carbocycles. The quantitative estimate of drug-likeness (QED) is 0.547. The molecule has 27 heavy (non-hydrogen) atoms. The number of benzene rings is 3. The Balaban J connectivity index is 0.00000261. The van der Waals surface area contributed by atoms with E-state index in [1.165, 1.54) is 17.2 Å². The summed E-state index contributed by atoms with van der Waals surface area (Å²) in [4.78, 5) is 11.4. The zero-order valence-electron chi connectivity index (χ0n) is 15.4. The molecule has 0 aliphatic rings. The maximum atomic E-state index is 11.4. The molecule has 0 aliphatic carbocycles. The molecule has 2 unspecified atom stereocenters. The number of phenols is 1. The van der Waals surface area contributed by atoms with Gasteiger partial charge < -0.3 is 10.2 Å². The van der Waals surface area contributed by atoms with Crippen molar-refractivity contribution in [1.82, 2.24) is 0 Å². The van der Waals surface area contributed by atoms with Crippen LogP contribution in [0.4, 0.5) is 0 Å². The molecule has 3 aromatic carbocycles. The van der Waals surface area contributed by atoms with Gasteiger partial charge in [-0.3, -0.25) is 0 Å². The molecule has 0 fully saturated rings. The number of carboxylic acid groups (broad SMARTS) is 1. The fourth-order valence-corrected chi connectivity index (χ4v) is 3.40. The van der Waals surface area contributed by atoms with Gasteiger partial charge in [-0.25, -0.2) is 4.79 Å². The van der Waals surface area contributed by atoms with Gasteiger partial charge >= 0.3 is 5.97 Å². The Morgan fingerprint density at radius 2 is 1.48 bits per heavy atom. The van der Waals surface area contributed by atoms with Crippen LogP contribution in [0.2, 0.25) is 0 Å². The molecular formula is C23H22O3Zn. The van der Waals surface area contributed by atoms with Crippen molar-refractivity contribution >= 4 is 5.97 Å². The standard InChI is InChI=1S/C23H22O3.Zn/c1-16(18-10-6-3-7-11-18)20(14-17-8-4-2-5-9-17)19-12-13-22(24)21(15-19)23(25)26;/h2-13,15-16,20,24H,14H2,1H3,(H,25,26);. The van der Waals surface area contributed by atoms with Crippen molar-refractivity contribution in [3.63, 3.8) is 0 Å². The molecule has 0 radical (unpaired) electrons. The number of carbonyl (C=O) groups is 1. The van der Waals surface area contributed by atoms with Crippen LogP contribution in [0.5, 0.6) is 5.75 Å². The molecule has 3 nitrogen and oxygen atoms in total. The van der Waals surface area contributed by atoms with E-state index in [0.29, 0.717) is 0 Å². The maximum absolute atomic E-state index is 11.4. The molecule has 3 aromatic rings. The van der Waals surface area contributed by atoms with Gasteiger partial charge in [0.05, 0.1) is 0 Å². The van der Waals surface area contributed by atoms with E-state index in [0.717, 1.165) is 12.0 Å². The van der Waals surface area contributed by atoms with E-state index in [4.69, 9.17) is 0 Å². The van der Waals surface area contributed by atoms with Crippen molar-refractivity contribution in [3.8, 4) is 5.75 Å². The molecule has 4 heteroatoms. The van der Waals surface area contributed by atoms with Crippen LogP contribution in [0.25, 0.3) is 0 Å². The predicted octanol–water partition coefficient (Wildman–Crippen LogP) is 5.22. The average molecular weight is 412 g/mol. The van der Waals surface area contributed by atoms with Crippen LogP contribution in [0.15, 0.2) is 78.9 Å². The Hall–Kier alpha value is -2.45. The van der Waals surface area contributed by atoms with Crippen molar-refractivity contribution in [2.24, 2.45) is 0 Å². The van der Waals surface area contributed by atoms with Gasteiger partial charge in [-0.15, -0.1) is 0 Å². The maximum Gasteiger partial charge on any atom is 0.339 e. The topological polar surface area (TPSA) is 57.5 Å². The first kappa shape index (κ1) is 20.9. The second kappa shape index (κ2) is 9.48. The van der Waals surface area contributed by atoms with Crippen LogP contribution in [0, 0.1) is 0 Å². The Labute approximate surface area is 172 Å². The summed E-state index contributed by atoms with van der Waals surface area (Å²) < 4.78 is 0. The summed E-state index contributed by atoms with van der Waals surface area (Å²) >= 11 is 0. The predicted molar refractivity (Wildman–Crippen MR) is 103 cm³/mol. The van der Waals surface area contributed by atoms with E-state index in [-0.39, 0.29) is 42.6 Å². The second-order valence-electron chi connectivity index (χ2n) is 6.58. The van der Waals surface area contributed by atoms with Crippen LogP contribution in [-0.4, -0.2) is 16.2 Å². The largest absolute Gasteiger partial charge is 0.507 e.